The molecule has 0 bridgehead atoms. The van der Waals surface area contributed by atoms with Crippen LogP contribution in [-0.2, 0) is 33.6 Å². The second kappa shape index (κ2) is 41.4. The number of nitrogens with two attached hydrogens (primary N) is 2. The van der Waals surface area contributed by atoms with Gasteiger partial charge >= 0.3 is 103 Å². The molecule has 2 aliphatic heterocycles. The number of carbonyl (C=O) groups is 6. The van der Waals surface area contributed by atoms with E-state index >= 15 is 0 Å². The fraction of sp³-hybridized carbons (Fsp3) is 0.730. The van der Waals surface area contributed by atoms with Gasteiger partial charge in [0, 0.05) is 56.6 Å². The molecule has 2 fully saturated rings. The minimum atomic E-state index is -0.468. The number of hydrogen-bond acceptors (Lipinski definition) is 11. The summed E-state index contributed by atoms with van der Waals surface area (Å²) in [5, 5.41) is 13.6. The van der Waals surface area contributed by atoms with Gasteiger partial charge in [-0.15, -0.1) is 0 Å². The van der Waals surface area contributed by atoms with Crippen molar-refractivity contribution in [2.75, 3.05) is 52.4 Å². The Hall–Kier alpha value is -0.367. The van der Waals surface area contributed by atoms with Crippen molar-refractivity contribution in [1.82, 2.24) is 41.8 Å². The second-order valence-corrected chi connectivity index (χ2v) is 13.4. The molecule has 6 amide bonds. The molecule has 4 atom stereocenters. The summed E-state index contributed by atoms with van der Waals surface area (Å²) in [4.78, 5) is 74.9. The van der Waals surface area contributed by atoms with Crippen LogP contribution in [0.25, 0.3) is 0 Å². The van der Waals surface area contributed by atoms with Crippen molar-refractivity contribution < 1.29 is 136 Å². The van der Waals surface area contributed by atoms with Crippen LogP contribution in [0.1, 0.15) is 98.3 Å². The van der Waals surface area contributed by atoms with Crippen LogP contribution in [0.4, 0.5) is 0 Å². The van der Waals surface area contributed by atoms with Crippen LogP contribution in [0.2, 0.25) is 0 Å². The number of carbonyl (C=O) groups excluding carboxylic acids is 6. The fourth-order valence-corrected chi connectivity index (χ4v) is 5.66. The van der Waals surface area contributed by atoms with E-state index in [1.165, 1.54) is 12.8 Å². The van der Waals surface area contributed by atoms with E-state index in [0.29, 0.717) is 102 Å². The Kier molecular flexibility index (Phi) is 46.0. The molecule has 17 nitrogen and oxygen atoms in total. The zero-order valence-corrected chi connectivity index (χ0v) is 41.7. The maximum Gasteiger partial charge on any atom is 1.00 e. The summed E-state index contributed by atoms with van der Waals surface area (Å²) in [7, 11) is 0. The normalized spacial score (nSPS) is 18.7. The van der Waals surface area contributed by atoms with Crippen molar-refractivity contribution in [2.24, 2.45) is 11.7 Å². The molecule has 2 heterocycles. The molecule has 0 aromatic carbocycles. The van der Waals surface area contributed by atoms with Crippen LogP contribution in [0.5, 0.6) is 0 Å². The second-order valence-electron chi connectivity index (χ2n) is 13.4. The maximum atomic E-state index is 11.9. The van der Waals surface area contributed by atoms with Crippen LogP contribution in [0.3, 0.4) is 0 Å². The number of amides is 6. The zero-order valence-electron chi connectivity index (χ0n) is 35.5. The van der Waals surface area contributed by atoms with Crippen molar-refractivity contribution >= 4 is 35.4 Å². The molecule has 0 aliphatic carbocycles. The van der Waals surface area contributed by atoms with E-state index in [2.05, 4.69) is 102 Å². The first-order valence-electron chi connectivity index (χ1n) is 19.0. The summed E-state index contributed by atoms with van der Waals surface area (Å²) in [5.74, 6) is 8.44. The molecule has 0 aromatic rings. The first-order valence-corrected chi connectivity index (χ1v) is 19.0. The summed E-state index contributed by atoms with van der Waals surface area (Å²) in [6.07, 6.45) is 9.86. The SMILES string of the molecule is [CH2-]C(=O)NCCCON.[CH2-]C(=O)NN.[CH2-]CCNC(=O)CCNC(=O)CN1C(C)CCCC1C.[CH2-]CCNC(=O)CCNC(=O)CN1C(C)CCCC1C.[K+].[K+]. The third kappa shape index (κ3) is 36.7. The predicted octanol–water partition coefficient (Wildman–Crippen LogP) is -5.77. The van der Waals surface area contributed by atoms with E-state index in [0.717, 1.165) is 32.1 Å². The van der Waals surface area contributed by atoms with E-state index in [1.54, 1.807) is 5.43 Å². The van der Waals surface area contributed by atoms with Gasteiger partial charge < -0.3 is 74.1 Å². The quantitative estimate of drug-likeness (QED) is 0.0162. The van der Waals surface area contributed by atoms with Gasteiger partial charge in [0.2, 0.25) is 23.6 Å². The van der Waals surface area contributed by atoms with Crippen molar-refractivity contribution in [2.45, 2.75) is 122 Å². The third-order valence-corrected chi connectivity index (χ3v) is 8.67. The Morgan fingerprint density at radius 1 is 0.589 bits per heavy atom. The molecular weight excluding hydrogens is 775 g/mol. The number of likely N-dealkylation sites (tertiary alicyclic amines) is 2. The van der Waals surface area contributed by atoms with Crippen molar-refractivity contribution in [3.8, 4) is 0 Å². The van der Waals surface area contributed by atoms with Crippen LogP contribution in [0, 0.1) is 27.7 Å². The van der Waals surface area contributed by atoms with Gasteiger partial charge in [-0.2, -0.15) is 12.8 Å². The zero-order chi connectivity index (χ0) is 41.3. The molecule has 2 aliphatic rings. The number of hydrazine groups is 1. The first-order chi connectivity index (χ1) is 25.6. The van der Waals surface area contributed by atoms with Gasteiger partial charge in [0.25, 0.3) is 0 Å². The number of rotatable bonds is 18. The van der Waals surface area contributed by atoms with Crippen molar-refractivity contribution in [3.05, 3.63) is 27.7 Å². The standard InChI is InChI=1S/2C15H28N3O2.C5H11N2O2.C2H5N2O.2K/c2*1-4-9-16-14(19)8-10-17-15(20)11-18-12(2)6-5-7-13(18)3;1-5(8)7-3-2-4-9-6;1-2(5)4-3;;/h2*12-13H,1,4-11H2,2-3H3,(H,16,19)(H,17,20);1-4,6H2,(H,7,8);1,3H2,(H,4,5);;/q4*-1;2*+1. The Morgan fingerprint density at radius 3 is 1.21 bits per heavy atom. The predicted molar refractivity (Wildman–Crippen MR) is 211 cm³/mol. The van der Waals surface area contributed by atoms with Crippen LogP contribution < -0.4 is 147 Å². The molecule has 316 valence electrons. The summed E-state index contributed by atoms with van der Waals surface area (Å²) >= 11 is 0. The average molecular weight is 847 g/mol. The van der Waals surface area contributed by atoms with Gasteiger partial charge in [-0.1, -0.05) is 12.8 Å². The van der Waals surface area contributed by atoms with Crippen LogP contribution >= 0.6 is 0 Å². The summed E-state index contributed by atoms with van der Waals surface area (Å²) in [6, 6.07) is 1.85. The molecule has 4 unspecified atom stereocenters. The molecule has 2 saturated heterocycles. The molecule has 0 saturated carbocycles. The molecule has 0 aromatic heterocycles. The Balaban J connectivity index is -0.000000354. The van der Waals surface area contributed by atoms with E-state index in [4.69, 9.17) is 5.90 Å². The summed E-state index contributed by atoms with van der Waals surface area (Å²) < 4.78 is 0. The summed E-state index contributed by atoms with van der Waals surface area (Å²) in [6.45, 7) is 25.9. The number of piperidine rings is 2. The molecule has 56 heavy (non-hydrogen) atoms. The van der Waals surface area contributed by atoms with Gasteiger partial charge in [-0.3, -0.25) is 34.8 Å². The first kappa shape index (κ1) is 62.3. The minimum absolute atomic E-state index is 0. The smallest absolute Gasteiger partial charge is 0.381 e. The topological polar surface area (TPSA) is 242 Å². The molecule has 0 radical (unpaired) electrons. The Bertz CT molecular complexity index is 983. The van der Waals surface area contributed by atoms with Crippen molar-refractivity contribution in [1.29, 1.82) is 0 Å². The fourth-order valence-electron chi connectivity index (χ4n) is 5.66. The van der Waals surface area contributed by atoms with Crippen LogP contribution in [-0.4, -0.2) is 122 Å². The molecular formula is C37H72K2N10O7-2. The number of hydrogen-bond donors (Lipinski definition) is 8. The number of nitrogens with zero attached hydrogens (tertiary/aromatic N) is 2. The third-order valence-electron chi connectivity index (χ3n) is 8.67. The van der Waals surface area contributed by atoms with E-state index in [1.807, 2.05) is 0 Å². The Labute approximate surface area is 422 Å². The largest absolute Gasteiger partial charge is 1.00 e. The maximum absolute atomic E-state index is 11.9. The van der Waals surface area contributed by atoms with Crippen molar-refractivity contribution in [3.63, 3.8) is 0 Å². The van der Waals surface area contributed by atoms with Gasteiger partial charge in [-0.25, -0.2) is 5.90 Å². The van der Waals surface area contributed by atoms with Gasteiger partial charge in [0.1, 0.15) is 0 Å². The van der Waals surface area contributed by atoms with E-state index in [9.17, 15) is 28.8 Å². The molecule has 0 spiro atoms. The Morgan fingerprint density at radius 2 is 0.929 bits per heavy atom. The molecule has 2 rings (SSSR count). The average Bonchev–Trinajstić information content (AvgIpc) is 3.12. The van der Waals surface area contributed by atoms with E-state index in [-0.39, 0.29) is 132 Å². The monoisotopic (exact) mass is 846 g/mol. The summed E-state index contributed by atoms with van der Waals surface area (Å²) in [5.41, 5.74) is 1.78. The number of nitrogens with one attached hydrogen (secondary N) is 6. The molecule has 19 heteroatoms. The van der Waals surface area contributed by atoms with Gasteiger partial charge in [0.05, 0.1) is 31.5 Å². The van der Waals surface area contributed by atoms with Gasteiger partial charge in [-0.05, 0) is 72.9 Å². The minimum Gasteiger partial charge on any atom is -0.381 e. The van der Waals surface area contributed by atoms with E-state index < -0.39 is 5.91 Å². The van der Waals surface area contributed by atoms with Gasteiger partial charge in [0.15, 0.2) is 0 Å². The van der Waals surface area contributed by atoms with Crippen LogP contribution in [0.15, 0.2) is 0 Å². The molecule has 10 N–H and O–H groups in total.